The second-order valence-corrected chi connectivity index (χ2v) is 3.05. The Labute approximate surface area is 83.4 Å². The molecule has 1 amide bonds. The molecular weight excluding hydrogens is 176 g/mol. The molecule has 3 nitrogen and oxygen atoms in total. The van der Waals surface area contributed by atoms with E-state index < -0.39 is 0 Å². The Morgan fingerprint density at radius 3 is 2.79 bits per heavy atom. The standard InChI is InChI=1S/C11H13N2O/c12-8-4-3-6-9-5-1-2-7-10(9)11(13)14/h1-2,5,7,12H,3-4,6H2,(H2,13,14). The molecule has 1 radical (unpaired) electrons. The van der Waals surface area contributed by atoms with E-state index in [1.807, 2.05) is 12.1 Å². The first-order valence-electron chi connectivity index (χ1n) is 4.53. The van der Waals surface area contributed by atoms with Crippen LogP contribution in [-0.2, 0) is 6.42 Å². The molecule has 1 aromatic rings. The highest BCUT2D eigenvalue weighted by atomic mass is 16.1. The molecule has 0 aromatic heterocycles. The molecule has 0 aliphatic rings. The van der Waals surface area contributed by atoms with Crippen LogP contribution in [0.4, 0.5) is 0 Å². The van der Waals surface area contributed by atoms with E-state index in [0.717, 1.165) is 18.4 Å². The summed E-state index contributed by atoms with van der Waals surface area (Å²) in [5.74, 6) is -0.389. The van der Waals surface area contributed by atoms with Crippen LogP contribution in [0.3, 0.4) is 0 Å². The number of hydrogen-bond acceptors (Lipinski definition) is 2. The highest BCUT2D eigenvalue weighted by molar-refractivity contribution is 5.94. The van der Waals surface area contributed by atoms with Crippen LogP contribution in [0, 0.1) is 5.41 Å². The highest BCUT2D eigenvalue weighted by Crippen LogP contribution is 2.10. The first-order chi connectivity index (χ1) is 6.75. The number of nitrogens with two attached hydrogens (primary N) is 1. The largest absolute Gasteiger partial charge is 0.366 e. The van der Waals surface area contributed by atoms with Crippen molar-refractivity contribution >= 4 is 12.1 Å². The Morgan fingerprint density at radius 1 is 1.43 bits per heavy atom. The zero-order valence-corrected chi connectivity index (χ0v) is 7.92. The van der Waals surface area contributed by atoms with Gasteiger partial charge in [-0.05, 0) is 30.9 Å². The van der Waals surface area contributed by atoms with E-state index in [2.05, 4.69) is 6.21 Å². The van der Waals surface area contributed by atoms with Gasteiger partial charge in [0.25, 0.3) is 0 Å². The Hall–Kier alpha value is -1.64. The molecule has 0 aliphatic carbocycles. The van der Waals surface area contributed by atoms with Gasteiger partial charge in [0.1, 0.15) is 0 Å². The molecule has 73 valence electrons. The lowest BCUT2D eigenvalue weighted by atomic mass is 10.0. The van der Waals surface area contributed by atoms with Crippen LogP contribution in [-0.4, -0.2) is 12.1 Å². The lowest BCUT2D eigenvalue weighted by Crippen LogP contribution is -2.13. The van der Waals surface area contributed by atoms with Gasteiger partial charge < -0.3 is 11.1 Å². The van der Waals surface area contributed by atoms with Crippen LogP contribution < -0.4 is 5.73 Å². The normalized spacial score (nSPS) is 9.71. The Bertz CT molecular complexity index is 334. The molecular formula is C11H13N2O. The fraction of sp³-hybridized carbons (Fsp3) is 0.273. The number of unbranched alkanes of at least 4 members (excludes halogenated alkanes) is 1. The van der Waals surface area contributed by atoms with E-state index in [9.17, 15) is 4.79 Å². The smallest absolute Gasteiger partial charge is 0.248 e. The summed E-state index contributed by atoms with van der Waals surface area (Å²) in [6, 6.07) is 7.30. The number of carbonyl (C=O) groups excluding carboxylic acids is 1. The van der Waals surface area contributed by atoms with Gasteiger partial charge in [0, 0.05) is 5.56 Å². The number of rotatable bonds is 5. The minimum Gasteiger partial charge on any atom is -0.366 e. The molecule has 0 saturated carbocycles. The van der Waals surface area contributed by atoms with Crippen LogP contribution in [0.1, 0.15) is 28.8 Å². The van der Waals surface area contributed by atoms with Crippen LogP contribution in [0.2, 0.25) is 0 Å². The molecule has 14 heavy (non-hydrogen) atoms. The lowest BCUT2D eigenvalue weighted by molar-refractivity contribution is 0.0999. The minimum atomic E-state index is -0.389. The van der Waals surface area contributed by atoms with E-state index in [1.165, 1.54) is 0 Å². The van der Waals surface area contributed by atoms with E-state index in [1.54, 1.807) is 12.1 Å². The predicted molar refractivity (Wildman–Crippen MR) is 55.6 cm³/mol. The third-order valence-corrected chi connectivity index (χ3v) is 2.03. The van der Waals surface area contributed by atoms with Gasteiger partial charge in [0.2, 0.25) is 5.91 Å². The maximum absolute atomic E-state index is 11.0. The van der Waals surface area contributed by atoms with Crippen molar-refractivity contribution in [3.63, 3.8) is 0 Å². The molecule has 1 aromatic carbocycles. The Morgan fingerprint density at radius 2 is 2.14 bits per heavy atom. The Kier molecular flexibility index (Phi) is 3.85. The third-order valence-electron chi connectivity index (χ3n) is 2.03. The van der Waals surface area contributed by atoms with Gasteiger partial charge in [-0.1, -0.05) is 18.2 Å². The van der Waals surface area contributed by atoms with Crippen LogP contribution in [0.5, 0.6) is 0 Å². The summed E-state index contributed by atoms with van der Waals surface area (Å²) in [5, 5.41) is 6.77. The summed E-state index contributed by atoms with van der Waals surface area (Å²) in [5.41, 5.74) is 6.76. The van der Waals surface area contributed by atoms with Gasteiger partial charge in [0.15, 0.2) is 0 Å². The Balaban J connectivity index is 2.74. The van der Waals surface area contributed by atoms with Gasteiger partial charge in [-0.2, -0.15) is 0 Å². The van der Waals surface area contributed by atoms with Crippen molar-refractivity contribution < 1.29 is 4.79 Å². The van der Waals surface area contributed by atoms with Crippen molar-refractivity contribution in [1.82, 2.24) is 0 Å². The predicted octanol–water partition coefficient (Wildman–Crippen LogP) is 1.63. The van der Waals surface area contributed by atoms with Crippen molar-refractivity contribution in [3.8, 4) is 0 Å². The van der Waals surface area contributed by atoms with Gasteiger partial charge in [-0.15, -0.1) is 0 Å². The molecule has 0 saturated heterocycles. The molecule has 0 fully saturated rings. The van der Waals surface area contributed by atoms with Crippen LogP contribution in [0.15, 0.2) is 24.3 Å². The number of amides is 1. The van der Waals surface area contributed by atoms with Gasteiger partial charge in [-0.25, -0.2) is 0 Å². The van der Waals surface area contributed by atoms with E-state index >= 15 is 0 Å². The summed E-state index contributed by atoms with van der Waals surface area (Å²) in [6.45, 7) is 0. The van der Waals surface area contributed by atoms with E-state index in [4.69, 9.17) is 11.1 Å². The summed E-state index contributed by atoms with van der Waals surface area (Å²) < 4.78 is 0. The van der Waals surface area contributed by atoms with Crippen molar-refractivity contribution in [3.05, 3.63) is 35.4 Å². The van der Waals surface area contributed by atoms with Crippen molar-refractivity contribution in [2.75, 3.05) is 0 Å². The maximum atomic E-state index is 11.0. The number of carbonyl (C=O) groups is 1. The quantitative estimate of drug-likeness (QED) is 0.536. The van der Waals surface area contributed by atoms with Crippen molar-refractivity contribution in [2.45, 2.75) is 19.3 Å². The number of primary amides is 1. The number of benzene rings is 1. The monoisotopic (exact) mass is 189 g/mol. The second-order valence-electron chi connectivity index (χ2n) is 3.05. The molecule has 3 N–H and O–H groups in total. The molecule has 0 aliphatic heterocycles. The van der Waals surface area contributed by atoms with Crippen LogP contribution in [0.25, 0.3) is 0 Å². The molecule has 1 rings (SSSR count). The zero-order valence-electron chi connectivity index (χ0n) is 7.92. The molecule has 0 heterocycles. The van der Waals surface area contributed by atoms with E-state index in [0.29, 0.717) is 12.0 Å². The summed E-state index contributed by atoms with van der Waals surface area (Å²) in [6.07, 6.45) is 4.53. The van der Waals surface area contributed by atoms with Crippen molar-refractivity contribution in [2.24, 2.45) is 5.73 Å². The van der Waals surface area contributed by atoms with Crippen LogP contribution >= 0.6 is 0 Å². The summed E-state index contributed by atoms with van der Waals surface area (Å²) in [4.78, 5) is 11.0. The minimum absolute atomic E-state index is 0.389. The zero-order chi connectivity index (χ0) is 10.4. The fourth-order valence-corrected chi connectivity index (χ4v) is 1.35. The molecule has 0 unspecified atom stereocenters. The fourth-order valence-electron chi connectivity index (χ4n) is 1.35. The third kappa shape index (κ3) is 2.69. The molecule has 3 heteroatoms. The average Bonchev–Trinajstić information content (AvgIpc) is 2.19. The maximum Gasteiger partial charge on any atom is 0.248 e. The summed E-state index contributed by atoms with van der Waals surface area (Å²) >= 11 is 0. The van der Waals surface area contributed by atoms with Gasteiger partial charge >= 0.3 is 0 Å². The molecule has 0 atom stereocenters. The first kappa shape index (κ1) is 10.4. The average molecular weight is 189 g/mol. The number of aryl methyl sites for hydroxylation is 1. The van der Waals surface area contributed by atoms with Crippen molar-refractivity contribution in [1.29, 1.82) is 5.41 Å². The topological polar surface area (TPSA) is 66.9 Å². The number of hydrogen-bond donors (Lipinski definition) is 2. The molecule has 0 spiro atoms. The van der Waals surface area contributed by atoms with E-state index in [-0.39, 0.29) is 5.91 Å². The second kappa shape index (κ2) is 5.17. The highest BCUT2D eigenvalue weighted by Gasteiger charge is 2.05. The summed E-state index contributed by atoms with van der Waals surface area (Å²) in [7, 11) is 0. The number of nitrogens with one attached hydrogen (secondary N) is 1. The van der Waals surface area contributed by atoms with Gasteiger partial charge in [0.05, 0.1) is 6.21 Å². The lowest BCUT2D eigenvalue weighted by Gasteiger charge is -2.04. The van der Waals surface area contributed by atoms with Gasteiger partial charge in [-0.3, -0.25) is 4.79 Å². The first-order valence-corrected chi connectivity index (χ1v) is 4.53. The SMILES string of the molecule is N=[C]CCCc1ccccc1C(N)=O. The molecule has 0 bridgehead atoms.